The van der Waals surface area contributed by atoms with E-state index in [2.05, 4.69) is 39.4 Å². The molecule has 3 aliphatic heterocycles. The lowest BCUT2D eigenvalue weighted by Gasteiger charge is -2.29. The Morgan fingerprint density at radius 1 is 1.00 bits per heavy atom. The molecule has 180 valence electrons. The van der Waals surface area contributed by atoms with E-state index in [1.54, 1.807) is 31.1 Å². The van der Waals surface area contributed by atoms with E-state index < -0.39 is 9.84 Å². The molecular weight excluding hydrogens is 462 g/mol. The number of hydrogen-bond donors (Lipinski definition) is 3. The van der Waals surface area contributed by atoms with Crippen molar-refractivity contribution >= 4 is 21.4 Å². The molecule has 2 atom stereocenters. The molecule has 0 aromatic heterocycles. The number of amides is 1. The Kier molecular flexibility index (Phi) is 5.74. The maximum absolute atomic E-state index is 12.2. The largest absolute Gasteiger partial charge is 0.366 e. The second-order valence-corrected chi connectivity index (χ2v) is 10.9. The lowest BCUT2D eigenvalue weighted by molar-refractivity contribution is 0.0827. The number of sulfone groups is 1. The highest BCUT2D eigenvalue weighted by molar-refractivity contribution is 7.90. The van der Waals surface area contributed by atoms with E-state index in [4.69, 9.17) is 0 Å². The minimum Gasteiger partial charge on any atom is -0.366 e. The molecule has 9 heteroatoms. The van der Waals surface area contributed by atoms with Crippen LogP contribution in [0.15, 0.2) is 95.3 Å². The van der Waals surface area contributed by atoms with Crippen LogP contribution in [-0.2, 0) is 9.84 Å². The highest BCUT2D eigenvalue weighted by Crippen LogP contribution is 2.36. The van der Waals surface area contributed by atoms with Gasteiger partial charge < -0.3 is 20.5 Å². The number of hydrazine groups is 1. The normalized spacial score (nSPS) is 20.9. The van der Waals surface area contributed by atoms with Crippen LogP contribution in [0.2, 0.25) is 0 Å². The Balaban J connectivity index is 1.39. The second-order valence-electron chi connectivity index (χ2n) is 8.93. The van der Waals surface area contributed by atoms with Crippen LogP contribution >= 0.6 is 0 Å². The lowest BCUT2D eigenvalue weighted by Crippen LogP contribution is -2.33. The van der Waals surface area contributed by atoms with E-state index in [0.717, 1.165) is 28.0 Å². The first kappa shape index (κ1) is 22.9. The van der Waals surface area contributed by atoms with Gasteiger partial charge in [0.2, 0.25) is 0 Å². The van der Waals surface area contributed by atoms with Crippen molar-refractivity contribution in [3.63, 3.8) is 0 Å². The summed E-state index contributed by atoms with van der Waals surface area (Å²) in [5.41, 5.74) is 12.1. The molecule has 2 aromatic rings. The number of carbonyl (C=O) groups excluding carboxylic acids is 1. The average molecular weight is 490 g/mol. The summed E-state index contributed by atoms with van der Waals surface area (Å²) >= 11 is 0. The molecule has 0 aliphatic carbocycles. The number of nitrogens with zero attached hydrogens (tertiary/aromatic N) is 2. The van der Waals surface area contributed by atoms with Crippen LogP contribution in [0.1, 0.15) is 27.5 Å². The Hall–Kier alpha value is -3.82. The Labute approximate surface area is 205 Å². The predicted molar refractivity (Wildman–Crippen MR) is 135 cm³/mol. The van der Waals surface area contributed by atoms with Crippen LogP contribution in [0, 0.1) is 0 Å². The quantitative estimate of drug-likeness (QED) is 0.594. The zero-order chi connectivity index (χ0) is 24.7. The average Bonchev–Trinajstić information content (AvgIpc) is 3.50. The fourth-order valence-corrected chi connectivity index (χ4v) is 5.01. The van der Waals surface area contributed by atoms with Gasteiger partial charge in [-0.1, -0.05) is 30.3 Å². The molecule has 1 amide bonds. The highest BCUT2D eigenvalue weighted by atomic mass is 32.2. The minimum atomic E-state index is -3.25. The van der Waals surface area contributed by atoms with E-state index in [1.807, 2.05) is 48.8 Å². The van der Waals surface area contributed by atoms with Crippen molar-refractivity contribution in [1.29, 1.82) is 0 Å². The summed E-state index contributed by atoms with van der Waals surface area (Å²) in [5.74, 6) is -0.0279. The summed E-state index contributed by atoms with van der Waals surface area (Å²) in [6.07, 6.45) is 11.4. The molecule has 35 heavy (non-hydrogen) atoms. The molecule has 0 bridgehead atoms. The third-order valence-corrected chi connectivity index (χ3v) is 7.41. The Morgan fingerprint density at radius 3 is 2.37 bits per heavy atom. The van der Waals surface area contributed by atoms with Crippen LogP contribution in [0.3, 0.4) is 0 Å². The van der Waals surface area contributed by atoms with Crippen LogP contribution in [0.25, 0.3) is 5.70 Å². The minimum absolute atomic E-state index is 0.00671. The molecule has 3 aliphatic rings. The molecule has 0 saturated carbocycles. The number of hydrogen-bond acceptors (Lipinski definition) is 7. The summed E-state index contributed by atoms with van der Waals surface area (Å²) in [6.45, 7) is 0. The van der Waals surface area contributed by atoms with Gasteiger partial charge in [0.1, 0.15) is 6.17 Å². The van der Waals surface area contributed by atoms with Gasteiger partial charge in [0.05, 0.1) is 16.6 Å². The van der Waals surface area contributed by atoms with Crippen LogP contribution in [-0.4, -0.2) is 50.6 Å². The SMILES string of the molecule is CN(C)C(=O)c1ccc(C2=CNC3C=CC(C4=CNNC4c4ccc(S(C)(=O)=O)cc4)=CN23)cc1. The molecule has 0 radical (unpaired) electrons. The smallest absolute Gasteiger partial charge is 0.253 e. The summed E-state index contributed by atoms with van der Waals surface area (Å²) in [4.78, 5) is 16.3. The molecule has 0 fully saturated rings. The Bertz CT molecular complexity index is 1390. The zero-order valence-corrected chi connectivity index (χ0v) is 20.5. The van der Waals surface area contributed by atoms with Gasteiger partial charge in [-0.05, 0) is 47.0 Å². The summed E-state index contributed by atoms with van der Waals surface area (Å²) < 4.78 is 23.6. The summed E-state index contributed by atoms with van der Waals surface area (Å²) in [7, 11) is 0.237. The van der Waals surface area contributed by atoms with Gasteiger partial charge in [-0.25, -0.2) is 13.8 Å². The van der Waals surface area contributed by atoms with Crippen LogP contribution < -0.4 is 16.2 Å². The zero-order valence-electron chi connectivity index (χ0n) is 19.7. The van der Waals surface area contributed by atoms with E-state index in [-0.39, 0.29) is 18.1 Å². The first-order valence-electron chi connectivity index (χ1n) is 11.2. The summed E-state index contributed by atoms with van der Waals surface area (Å²) in [5, 5.41) is 3.39. The molecule has 0 saturated heterocycles. The van der Waals surface area contributed by atoms with E-state index in [1.165, 1.54) is 6.26 Å². The fourth-order valence-electron chi connectivity index (χ4n) is 4.38. The number of carbonyl (C=O) groups is 1. The molecular formula is C26H27N5O3S. The van der Waals surface area contributed by atoms with Crippen molar-refractivity contribution in [3.05, 3.63) is 107 Å². The molecule has 2 aromatic carbocycles. The third-order valence-electron chi connectivity index (χ3n) is 6.28. The second kappa shape index (κ2) is 8.75. The third kappa shape index (κ3) is 4.36. The van der Waals surface area contributed by atoms with Gasteiger partial charge in [-0.3, -0.25) is 4.79 Å². The van der Waals surface area contributed by atoms with Crippen molar-refractivity contribution in [2.45, 2.75) is 17.1 Å². The first-order valence-corrected chi connectivity index (χ1v) is 13.1. The fraction of sp³-hybridized carbons (Fsp3) is 0.192. The highest BCUT2D eigenvalue weighted by Gasteiger charge is 2.30. The number of nitrogens with one attached hydrogen (secondary N) is 3. The van der Waals surface area contributed by atoms with Gasteiger partial charge >= 0.3 is 0 Å². The molecule has 8 nitrogen and oxygen atoms in total. The van der Waals surface area contributed by atoms with Crippen LogP contribution in [0.4, 0.5) is 0 Å². The van der Waals surface area contributed by atoms with E-state index in [9.17, 15) is 13.2 Å². The van der Waals surface area contributed by atoms with Gasteiger partial charge in [0.25, 0.3) is 5.91 Å². The number of benzene rings is 2. The predicted octanol–water partition coefficient (Wildman–Crippen LogP) is 2.51. The molecule has 3 heterocycles. The maximum Gasteiger partial charge on any atom is 0.253 e. The van der Waals surface area contributed by atoms with Crippen molar-refractivity contribution in [3.8, 4) is 0 Å². The molecule has 3 N–H and O–H groups in total. The topological polar surface area (TPSA) is 93.8 Å². The van der Waals surface area contributed by atoms with E-state index >= 15 is 0 Å². The molecule has 5 rings (SSSR count). The van der Waals surface area contributed by atoms with Gasteiger partial charge in [0, 0.05) is 50.1 Å². The van der Waals surface area contributed by atoms with Gasteiger partial charge in [-0.15, -0.1) is 0 Å². The first-order chi connectivity index (χ1) is 16.7. The van der Waals surface area contributed by atoms with Gasteiger partial charge in [-0.2, -0.15) is 0 Å². The molecule has 2 unspecified atom stereocenters. The lowest BCUT2D eigenvalue weighted by atomic mass is 9.93. The maximum atomic E-state index is 12.2. The molecule has 0 spiro atoms. The van der Waals surface area contributed by atoms with Crippen molar-refractivity contribution < 1.29 is 13.2 Å². The number of fused-ring (bicyclic) bond motifs is 1. The van der Waals surface area contributed by atoms with Crippen molar-refractivity contribution in [2.24, 2.45) is 0 Å². The van der Waals surface area contributed by atoms with Crippen molar-refractivity contribution in [1.82, 2.24) is 26.0 Å². The van der Waals surface area contributed by atoms with E-state index in [0.29, 0.717) is 10.5 Å². The van der Waals surface area contributed by atoms with Gasteiger partial charge in [0.15, 0.2) is 9.84 Å². The Morgan fingerprint density at radius 2 is 1.71 bits per heavy atom. The number of rotatable bonds is 5. The number of allylic oxidation sites excluding steroid dienone is 1. The summed E-state index contributed by atoms with van der Waals surface area (Å²) in [6, 6.07) is 14.4. The monoisotopic (exact) mass is 489 g/mol. The van der Waals surface area contributed by atoms with Crippen LogP contribution in [0.5, 0.6) is 0 Å². The standard InChI is InChI=1S/C26H27N5O3S/c1-30(2)26(32)19-6-4-17(5-7-19)23-15-27-24-13-10-20(16-31(23)24)22-14-28-29-25(22)18-8-11-21(12-9-18)35(3,33)34/h4-16,24-25,27-29H,1-3H3. The van der Waals surface area contributed by atoms with Crippen molar-refractivity contribution in [2.75, 3.05) is 20.4 Å².